The molecule has 3 fully saturated rings. The van der Waals surface area contributed by atoms with Crippen LogP contribution in [0.2, 0.25) is 0 Å². The largest absolute Gasteiger partial charge is 0.393 e. The third-order valence-electron chi connectivity index (χ3n) is 7.84. The van der Waals surface area contributed by atoms with Crippen molar-refractivity contribution in [3.05, 3.63) is 11.6 Å². The molecule has 3 saturated carbocycles. The predicted molar refractivity (Wildman–Crippen MR) is 85.5 cm³/mol. The van der Waals surface area contributed by atoms with Gasteiger partial charge in [-0.25, -0.2) is 0 Å². The highest BCUT2D eigenvalue weighted by atomic mass is 16.3. The first-order valence-electron chi connectivity index (χ1n) is 9.07. The van der Waals surface area contributed by atoms with E-state index >= 15 is 0 Å². The van der Waals surface area contributed by atoms with Crippen molar-refractivity contribution in [3.63, 3.8) is 0 Å². The minimum atomic E-state index is -0.859. The summed E-state index contributed by atoms with van der Waals surface area (Å²) >= 11 is 0. The summed E-state index contributed by atoms with van der Waals surface area (Å²) in [5, 5.41) is 31.0. The van der Waals surface area contributed by atoms with E-state index in [4.69, 9.17) is 0 Å². The molecule has 0 unspecified atom stereocenters. The molecule has 4 rings (SSSR count). The van der Waals surface area contributed by atoms with E-state index in [1.54, 1.807) is 0 Å². The third kappa shape index (κ3) is 1.98. The zero-order valence-electron chi connectivity index (χ0n) is 14.0. The van der Waals surface area contributed by atoms with Crippen LogP contribution in [0.4, 0.5) is 0 Å². The van der Waals surface area contributed by atoms with E-state index in [-0.39, 0.29) is 29.1 Å². The number of Topliss-reactive ketones (excluding diaryl/α,β-unsaturated/α-hetero) is 1. The van der Waals surface area contributed by atoms with Crippen molar-refractivity contribution in [2.75, 3.05) is 0 Å². The standard InChI is InChI=1S/C19H28O4/c1-18-5-3-11(20)7-10(18)8-14(21)16-12(18)4-6-19(2)13(16)9-15(22)17(19)23/h8,11-16,20-22H,3-7,9H2,1-2H3/t11-,12+,13+,14-,15-,16-,18+,19+/m1/s1. The van der Waals surface area contributed by atoms with Crippen LogP contribution in [0, 0.1) is 28.6 Å². The van der Waals surface area contributed by atoms with Crippen LogP contribution >= 0.6 is 0 Å². The number of hydrogen-bond acceptors (Lipinski definition) is 4. The number of aliphatic hydroxyl groups excluding tert-OH is 3. The Morgan fingerprint density at radius 2 is 1.74 bits per heavy atom. The van der Waals surface area contributed by atoms with Gasteiger partial charge in [-0.1, -0.05) is 25.5 Å². The maximum atomic E-state index is 12.5. The maximum absolute atomic E-state index is 12.5. The first-order valence-corrected chi connectivity index (χ1v) is 9.07. The molecule has 0 radical (unpaired) electrons. The van der Waals surface area contributed by atoms with Crippen molar-refractivity contribution in [3.8, 4) is 0 Å². The summed E-state index contributed by atoms with van der Waals surface area (Å²) in [6.45, 7) is 4.27. The van der Waals surface area contributed by atoms with Crippen LogP contribution in [0.25, 0.3) is 0 Å². The zero-order valence-corrected chi connectivity index (χ0v) is 14.0. The molecular weight excluding hydrogens is 292 g/mol. The molecule has 0 aromatic carbocycles. The average molecular weight is 320 g/mol. The van der Waals surface area contributed by atoms with E-state index in [0.29, 0.717) is 18.8 Å². The molecule has 128 valence electrons. The lowest BCUT2D eigenvalue weighted by Crippen LogP contribution is -2.54. The van der Waals surface area contributed by atoms with Crippen LogP contribution in [0.15, 0.2) is 11.6 Å². The fraction of sp³-hybridized carbons (Fsp3) is 0.842. The van der Waals surface area contributed by atoms with Crippen LogP contribution in [-0.4, -0.2) is 39.4 Å². The summed E-state index contributed by atoms with van der Waals surface area (Å²) in [4.78, 5) is 12.5. The molecule has 4 aliphatic rings. The number of carbonyl (C=O) groups excluding carboxylic acids is 1. The molecule has 0 heterocycles. The quantitative estimate of drug-likeness (QED) is 0.595. The molecule has 0 amide bonds. The molecule has 0 aromatic heterocycles. The minimum Gasteiger partial charge on any atom is -0.393 e. The molecule has 0 spiro atoms. The van der Waals surface area contributed by atoms with Crippen LogP contribution < -0.4 is 0 Å². The van der Waals surface area contributed by atoms with E-state index in [1.165, 1.54) is 5.57 Å². The van der Waals surface area contributed by atoms with Crippen LogP contribution in [0.3, 0.4) is 0 Å². The Labute approximate surface area is 137 Å². The summed E-state index contributed by atoms with van der Waals surface area (Å²) in [5.41, 5.74) is 0.761. The monoisotopic (exact) mass is 320 g/mol. The van der Waals surface area contributed by atoms with E-state index in [2.05, 4.69) is 6.92 Å². The molecule has 4 nitrogen and oxygen atoms in total. The summed E-state index contributed by atoms with van der Waals surface area (Å²) in [6, 6.07) is 0. The molecular formula is C19H28O4. The second-order valence-corrected chi connectivity index (χ2v) is 8.86. The number of rotatable bonds is 0. The normalized spacial score (nSPS) is 55.7. The summed E-state index contributed by atoms with van der Waals surface area (Å²) in [6.07, 6.45) is 4.93. The topological polar surface area (TPSA) is 77.8 Å². The molecule has 3 N–H and O–H groups in total. The van der Waals surface area contributed by atoms with Gasteiger partial charge in [0.2, 0.25) is 0 Å². The van der Waals surface area contributed by atoms with E-state index in [1.807, 2.05) is 13.0 Å². The summed E-state index contributed by atoms with van der Waals surface area (Å²) < 4.78 is 0. The second kappa shape index (κ2) is 4.90. The zero-order chi connectivity index (χ0) is 16.6. The van der Waals surface area contributed by atoms with Crippen molar-refractivity contribution < 1.29 is 20.1 Å². The van der Waals surface area contributed by atoms with Gasteiger partial charge in [0.05, 0.1) is 12.2 Å². The van der Waals surface area contributed by atoms with E-state index < -0.39 is 17.6 Å². The highest BCUT2D eigenvalue weighted by Gasteiger charge is 2.62. The Balaban J connectivity index is 1.75. The SMILES string of the molecule is C[C@]12CC[C@@H](O)CC1=C[C@@H](O)[C@@H]1[C@@H]2CC[C@]2(C)C(=O)[C@H](O)C[C@@H]12. The fourth-order valence-electron chi connectivity index (χ4n) is 6.42. The van der Waals surface area contributed by atoms with Gasteiger partial charge in [-0.15, -0.1) is 0 Å². The van der Waals surface area contributed by atoms with Crippen molar-refractivity contribution >= 4 is 5.78 Å². The summed E-state index contributed by atoms with van der Waals surface area (Å²) in [7, 11) is 0. The molecule has 23 heavy (non-hydrogen) atoms. The van der Waals surface area contributed by atoms with Crippen LogP contribution in [0.5, 0.6) is 0 Å². The average Bonchev–Trinajstić information content (AvgIpc) is 2.73. The van der Waals surface area contributed by atoms with Crippen molar-refractivity contribution in [1.82, 2.24) is 0 Å². The van der Waals surface area contributed by atoms with Crippen molar-refractivity contribution in [2.45, 2.75) is 70.7 Å². The fourth-order valence-corrected chi connectivity index (χ4v) is 6.42. The smallest absolute Gasteiger partial charge is 0.167 e. The first kappa shape index (κ1) is 15.8. The summed E-state index contributed by atoms with van der Waals surface area (Å²) in [5.74, 6) is 0.451. The van der Waals surface area contributed by atoms with Gasteiger partial charge in [0.25, 0.3) is 0 Å². The van der Waals surface area contributed by atoms with Gasteiger partial charge in [-0.3, -0.25) is 4.79 Å². The van der Waals surface area contributed by atoms with Gasteiger partial charge in [0.15, 0.2) is 5.78 Å². The number of aliphatic hydroxyl groups is 3. The molecule has 0 saturated heterocycles. The predicted octanol–water partition coefficient (Wildman–Crippen LogP) is 1.82. The molecule has 0 bridgehead atoms. The number of carbonyl (C=O) groups is 1. The van der Waals surface area contributed by atoms with Crippen LogP contribution in [0.1, 0.15) is 52.4 Å². The Kier molecular flexibility index (Phi) is 3.37. The van der Waals surface area contributed by atoms with Crippen molar-refractivity contribution in [1.29, 1.82) is 0 Å². The molecule has 4 aliphatic carbocycles. The lowest BCUT2D eigenvalue weighted by molar-refractivity contribution is -0.139. The lowest BCUT2D eigenvalue weighted by Gasteiger charge is -2.57. The van der Waals surface area contributed by atoms with Gasteiger partial charge >= 0.3 is 0 Å². The van der Waals surface area contributed by atoms with Gasteiger partial charge < -0.3 is 15.3 Å². The number of hydrogen-bond donors (Lipinski definition) is 3. The Bertz CT molecular complexity index is 570. The van der Waals surface area contributed by atoms with E-state index in [0.717, 1.165) is 25.7 Å². The van der Waals surface area contributed by atoms with Gasteiger partial charge in [0, 0.05) is 5.41 Å². The Hall–Kier alpha value is -0.710. The maximum Gasteiger partial charge on any atom is 0.167 e. The van der Waals surface area contributed by atoms with Gasteiger partial charge in [0.1, 0.15) is 6.10 Å². The Morgan fingerprint density at radius 3 is 2.48 bits per heavy atom. The lowest BCUT2D eigenvalue weighted by atomic mass is 9.47. The minimum absolute atomic E-state index is 0.0212. The molecule has 8 atom stereocenters. The van der Waals surface area contributed by atoms with Gasteiger partial charge in [-0.05, 0) is 61.7 Å². The first-order chi connectivity index (χ1) is 10.8. The molecule has 4 heteroatoms. The van der Waals surface area contributed by atoms with E-state index in [9.17, 15) is 20.1 Å². The van der Waals surface area contributed by atoms with Crippen LogP contribution in [-0.2, 0) is 4.79 Å². The number of ketones is 1. The van der Waals surface area contributed by atoms with Gasteiger partial charge in [-0.2, -0.15) is 0 Å². The Morgan fingerprint density at radius 1 is 1.04 bits per heavy atom. The molecule has 0 aromatic rings. The highest BCUT2D eigenvalue weighted by Crippen LogP contribution is 2.63. The third-order valence-corrected chi connectivity index (χ3v) is 7.84. The molecule has 0 aliphatic heterocycles. The van der Waals surface area contributed by atoms with Crippen molar-refractivity contribution in [2.24, 2.45) is 28.6 Å². The highest BCUT2D eigenvalue weighted by molar-refractivity contribution is 5.91. The number of fused-ring (bicyclic) bond motifs is 5. The second-order valence-electron chi connectivity index (χ2n) is 8.86.